The molecular formula is C16H10F3N3O3. The minimum Gasteiger partial charge on any atom is -0.436 e. The normalized spacial score (nSPS) is 16.6. The van der Waals surface area contributed by atoms with E-state index in [2.05, 4.69) is 19.7 Å². The van der Waals surface area contributed by atoms with Gasteiger partial charge >= 0.3 is 6.36 Å². The third-order valence-corrected chi connectivity index (χ3v) is 3.20. The van der Waals surface area contributed by atoms with Crippen molar-refractivity contribution in [2.45, 2.75) is 18.9 Å². The fraction of sp³-hybridized carbons (Fsp3) is 0.188. The summed E-state index contributed by atoms with van der Waals surface area (Å²) in [6.45, 7) is 6.83. The molecule has 0 fully saturated rings. The molecule has 3 rings (SSSR count). The van der Waals surface area contributed by atoms with Gasteiger partial charge in [-0.3, -0.25) is 0 Å². The Morgan fingerprint density at radius 3 is 2.44 bits per heavy atom. The molecule has 1 aromatic heterocycles. The number of pyridine rings is 1. The first-order valence-electron chi connectivity index (χ1n) is 7.03. The van der Waals surface area contributed by atoms with E-state index in [-0.39, 0.29) is 11.6 Å². The predicted octanol–water partition coefficient (Wildman–Crippen LogP) is 4.38. The molecule has 25 heavy (non-hydrogen) atoms. The van der Waals surface area contributed by atoms with Crippen molar-refractivity contribution in [1.82, 2.24) is 4.98 Å². The van der Waals surface area contributed by atoms with Gasteiger partial charge in [0.1, 0.15) is 5.75 Å². The van der Waals surface area contributed by atoms with Crippen LogP contribution in [0.3, 0.4) is 0 Å². The molecule has 1 atom stereocenters. The third-order valence-electron chi connectivity index (χ3n) is 3.20. The van der Waals surface area contributed by atoms with Gasteiger partial charge < -0.3 is 19.2 Å². The van der Waals surface area contributed by atoms with Gasteiger partial charge in [-0.15, -0.1) is 18.2 Å². The van der Waals surface area contributed by atoms with Gasteiger partial charge in [-0.25, -0.2) is 0 Å². The highest BCUT2D eigenvalue weighted by molar-refractivity contribution is 5.79. The van der Waals surface area contributed by atoms with Crippen molar-refractivity contribution in [1.29, 1.82) is 0 Å². The lowest BCUT2D eigenvalue weighted by Crippen LogP contribution is -2.17. The van der Waals surface area contributed by atoms with E-state index in [0.29, 0.717) is 23.6 Å². The van der Waals surface area contributed by atoms with Gasteiger partial charge in [-0.2, -0.15) is 0 Å². The van der Waals surface area contributed by atoms with Crippen LogP contribution in [0.5, 0.6) is 11.5 Å². The summed E-state index contributed by atoms with van der Waals surface area (Å²) in [5.41, 5.74) is 0.637. The van der Waals surface area contributed by atoms with E-state index in [1.807, 2.05) is 0 Å². The van der Waals surface area contributed by atoms with Crippen molar-refractivity contribution in [3.05, 3.63) is 59.6 Å². The van der Waals surface area contributed by atoms with Crippen LogP contribution in [-0.2, 0) is 4.84 Å². The average Bonchev–Trinajstić information content (AvgIpc) is 3.03. The molecule has 6 nitrogen and oxygen atoms in total. The van der Waals surface area contributed by atoms with Crippen molar-refractivity contribution in [3.8, 4) is 11.5 Å². The fourth-order valence-electron chi connectivity index (χ4n) is 2.11. The van der Waals surface area contributed by atoms with Crippen molar-refractivity contribution < 1.29 is 27.5 Å². The van der Waals surface area contributed by atoms with E-state index in [1.165, 1.54) is 36.5 Å². The summed E-state index contributed by atoms with van der Waals surface area (Å²) >= 11 is 0. The van der Waals surface area contributed by atoms with E-state index >= 15 is 0 Å². The second kappa shape index (κ2) is 6.68. The lowest BCUT2D eigenvalue weighted by Gasteiger charge is -2.11. The number of oxime groups is 1. The molecule has 0 radical (unpaired) electrons. The molecule has 0 saturated heterocycles. The van der Waals surface area contributed by atoms with Crippen molar-refractivity contribution in [3.63, 3.8) is 0 Å². The van der Waals surface area contributed by atoms with Crippen LogP contribution in [0, 0.1) is 6.57 Å². The van der Waals surface area contributed by atoms with Crippen molar-refractivity contribution >= 4 is 11.7 Å². The summed E-state index contributed by atoms with van der Waals surface area (Å²) in [4.78, 5) is 12.3. The molecule has 0 bridgehead atoms. The Hall–Kier alpha value is -3.28. The maximum atomic E-state index is 12.1. The molecule has 0 amide bonds. The second-order valence-corrected chi connectivity index (χ2v) is 4.97. The molecule has 2 heterocycles. The van der Waals surface area contributed by atoms with Gasteiger partial charge in [0.15, 0.2) is 18.1 Å². The monoisotopic (exact) mass is 349 g/mol. The maximum Gasteiger partial charge on any atom is 0.573 e. The lowest BCUT2D eigenvalue weighted by atomic mass is 10.1. The number of ether oxygens (including phenoxy) is 2. The predicted molar refractivity (Wildman–Crippen MR) is 80.1 cm³/mol. The first-order chi connectivity index (χ1) is 11.9. The molecule has 0 N–H and O–H groups in total. The number of alkyl halides is 3. The van der Waals surface area contributed by atoms with Crippen LogP contribution in [0.4, 0.5) is 19.0 Å². The lowest BCUT2D eigenvalue weighted by molar-refractivity contribution is -0.274. The van der Waals surface area contributed by atoms with Crippen LogP contribution in [0.15, 0.2) is 47.8 Å². The van der Waals surface area contributed by atoms with Crippen LogP contribution in [0.1, 0.15) is 18.1 Å². The molecule has 1 aliphatic rings. The summed E-state index contributed by atoms with van der Waals surface area (Å²) in [6.07, 6.45) is -3.49. The zero-order chi connectivity index (χ0) is 17.9. The van der Waals surface area contributed by atoms with Crippen LogP contribution in [0.25, 0.3) is 4.85 Å². The quantitative estimate of drug-likeness (QED) is 0.772. The van der Waals surface area contributed by atoms with Crippen LogP contribution in [-0.4, -0.2) is 17.2 Å². The van der Waals surface area contributed by atoms with Crippen molar-refractivity contribution in [2.75, 3.05) is 0 Å². The Morgan fingerprint density at radius 2 is 1.84 bits per heavy atom. The van der Waals surface area contributed by atoms with Crippen molar-refractivity contribution in [2.24, 2.45) is 5.16 Å². The number of hydrogen-bond acceptors (Lipinski definition) is 5. The van der Waals surface area contributed by atoms with Crippen LogP contribution in [0.2, 0.25) is 0 Å². The van der Waals surface area contributed by atoms with E-state index in [4.69, 9.17) is 16.1 Å². The average molecular weight is 349 g/mol. The number of benzene rings is 1. The summed E-state index contributed by atoms with van der Waals surface area (Å²) in [5, 5.41) is 3.81. The van der Waals surface area contributed by atoms with Gasteiger partial charge in [0, 0.05) is 0 Å². The largest absolute Gasteiger partial charge is 0.573 e. The van der Waals surface area contributed by atoms with Gasteiger partial charge in [0.2, 0.25) is 5.90 Å². The Kier molecular flexibility index (Phi) is 4.43. The fourth-order valence-corrected chi connectivity index (χ4v) is 2.11. The van der Waals surface area contributed by atoms with E-state index < -0.39 is 12.5 Å². The first-order valence-corrected chi connectivity index (χ1v) is 7.03. The van der Waals surface area contributed by atoms with Crippen LogP contribution >= 0.6 is 0 Å². The number of halogens is 3. The van der Waals surface area contributed by atoms with E-state index in [0.717, 1.165) is 0 Å². The molecular weight excluding hydrogens is 339 g/mol. The molecule has 0 spiro atoms. The molecule has 0 aliphatic carbocycles. The summed E-state index contributed by atoms with van der Waals surface area (Å²) in [6, 6.07) is 8.44. The van der Waals surface area contributed by atoms with E-state index in [9.17, 15) is 13.2 Å². The SMILES string of the molecule is [C-]#[N+]c1ccc(OC2=NO[C@H](c3ccc(OC(F)(F)F)cc3)C2)cn1. The van der Waals surface area contributed by atoms with Gasteiger partial charge in [0.05, 0.1) is 6.42 Å². The molecule has 128 valence electrons. The zero-order valence-electron chi connectivity index (χ0n) is 12.5. The first kappa shape index (κ1) is 16.6. The minimum atomic E-state index is -4.73. The smallest absolute Gasteiger partial charge is 0.436 e. The van der Waals surface area contributed by atoms with Gasteiger partial charge in [-0.05, 0) is 29.8 Å². The molecule has 1 aromatic carbocycles. The highest BCUT2D eigenvalue weighted by Gasteiger charge is 2.31. The van der Waals surface area contributed by atoms with Gasteiger partial charge in [0.25, 0.3) is 5.82 Å². The second-order valence-electron chi connectivity index (χ2n) is 4.97. The molecule has 1 aliphatic heterocycles. The highest BCUT2D eigenvalue weighted by Crippen LogP contribution is 2.30. The Balaban J connectivity index is 1.59. The van der Waals surface area contributed by atoms with Crippen LogP contribution < -0.4 is 9.47 Å². The molecule has 2 aromatic rings. The number of nitrogens with zero attached hydrogens (tertiary/aromatic N) is 3. The molecule has 0 saturated carbocycles. The Bertz CT molecular complexity index is 812. The number of aromatic nitrogens is 1. The summed E-state index contributed by atoms with van der Waals surface area (Å²) in [5.74, 6) is 0.649. The summed E-state index contributed by atoms with van der Waals surface area (Å²) in [7, 11) is 0. The molecule has 9 heteroatoms. The zero-order valence-corrected chi connectivity index (χ0v) is 12.5. The maximum absolute atomic E-state index is 12.1. The standard InChI is InChI=1S/C16H10F3N3O3/c1-20-14-7-6-12(9-21-14)23-15-8-13(25-22-15)10-2-4-11(5-3-10)24-16(17,18)19/h2-7,9,13H,8H2/t13-/m0/s1. The van der Waals surface area contributed by atoms with E-state index in [1.54, 1.807) is 6.07 Å². The Labute approximate surface area is 140 Å². The third kappa shape index (κ3) is 4.38. The summed E-state index contributed by atoms with van der Waals surface area (Å²) < 4.78 is 45.8. The Morgan fingerprint density at radius 1 is 1.12 bits per heavy atom. The topological polar surface area (TPSA) is 57.3 Å². The van der Waals surface area contributed by atoms with Gasteiger partial charge in [-0.1, -0.05) is 23.9 Å². The number of hydrogen-bond donors (Lipinski definition) is 0. The number of rotatable bonds is 3. The minimum absolute atomic E-state index is 0.246. The highest BCUT2D eigenvalue weighted by atomic mass is 19.4. The molecule has 0 unspecified atom stereocenters.